The fraction of sp³-hybridized carbons (Fsp3) is 0.538. The Balaban J connectivity index is 1.77. The van der Waals surface area contributed by atoms with Crippen molar-refractivity contribution in [2.24, 2.45) is 0 Å². The van der Waals surface area contributed by atoms with Crippen molar-refractivity contribution in [3.63, 3.8) is 0 Å². The van der Waals surface area contributed by atoms with E-state index >= 15 is 0 Å². The Labute approximate surface area is 126 Å². The summed E-state index contributed by atoms with van der Waals surface area (Å²) in [5.41, 5.74) is 1.03. The Hall–Kier alpha value is -1.02. The summed E-state index contributed by atoms with van der Waals surface area (Å²) in [6, 6.07) is 5.01. The molecule has 2 rings (SSSR count). The lowest BCUT2D eigenvalue weighted by atomic mass is 10.2. The second-order valence-electron chi connectivity index (χ2n) is 4.71. The number of ether oxygens (including phenoxy) is 1. The number of nitrogens with zero attached hydrogens (tertiary/aromatic N) is 2. The van der Waals surface area contributed by atoms with Crippen LogP contribution in [0.3, 0.4) is 0 Å². The molecule has 0 amide bonds. The number of morpholine rings is 1. The molecule has 1 aliphatic heterocycles. The maximum atomic E-state index is 10.8. The molecule has 1 aliphatic rings. The van der Waals surface area contributed by atoms with Crippen LogP contribution < -0.4 is 5.32 Å². The number of halogens is 1. The average molecular weight is 344 g/mol. The van der Waals surface area contributed by atoms with E-state index in [-0.39, 0.29) is 10.6 Å². The Morgan fingerprint density at radius 3 is 2.80 bits per heavy atom. The van der Waals surface area contributed by atoms with Crippen molar-refractivity contribution in [1.29, 1.82) is 0 Å². The molecule has 1 aromatic rings. The maximum Gasteiger partial charge on any atom is 0.270 e. The summed E-state index contributed by atoms with van der Waals surface area (Å²) in [6.45, 7) is 6.02. The van der Waals surface area contributed by atoms with E-state index in [0.29, 0.717) is 6.54 Å². The number of benzene rings is 1. The number of rotatable bonds is 6. The van der Waals surface area contributed by atoms with Crippen molar-refractivity contribution in [3.05, 3.63) is 38.3 Å². The minimum atomic E-state index is -0.373. The van der Waals surface area contributed by atoms with Crippen molar-refractivity contribution in [2.45, 2.75) is 6.54 Å². The lowest BCUT2D eigenvalue weighted by molar-refractivity contribution is -0.385. The summed E-state index contributed by atoms with van der Waals surface area (Å²) in [4.78, 5) is 12.8. The number of non-ortho nitro benzene ring substituents is 1. The van der Waals surface area contributed by atoms with Crippen LogP contribution in [-0.2, 0) is 11.3 Å². The van der Waals surface area contributed by atoms with Gasteiger partial charge in [0.15, 0.2) is 0 Å². The first-order valence-corrected chi connectivity index (χ1v) is 7.39. The minimum absolute atomic E-state index is 0.115. The molecule has 1 fully saturated rings. The Bertz CT molecular complexity index is 464. The summed E-state index contributed by atoms with van der Waals surface area (Å²) < 4.78 is 6.03. The molecule has 0 aromatic heterocycles. The monoisotopic (exact) mass is 343 g/mol. The molecule has 7 heteroatoms. The number of nitro benzene ring substituents is 1. The molecule has 0 aliphatic carbocycles. The van der Waals surface area contributed by atoms with Crippen molar-refractivity contribution in [1.82, 2.24) is 10.2 Å². The van der Waals surface area contributed by atoms with E-state index in [9.17, 15) is 10.1 Å². The highest BCUT2D eigenvalue weighted by atomic mass is 79.9. The largest absolute Gasteiger partial charge is 0.379 e. The molecule has 1 saturated heterocycles. The van der Waals surface area contributed by atoms with E-state index in [0.717, 1.165) is 49.4 Å². The molecule has 0 bridgehead atoms. The molecule has 0 saturated carbocycles. The fourth-order valence-corrected chi connectivity index (χ4v) is 2.66. The minimum Gasteiger partial charge on any atom is -0.379 e. The molecule has 0 radical (unpaired) electrons. The zero-order valence-corrected chi connectivity index (χ0v) is 12.8. The SMILES string of the molecule is O=[N+]([O-])c1cc(Br)cc(CNCCN2CCOCC2)c1. The molecule has 1 N–H and O–H groups in total. The third kappa shape index (κ3) is 4.82. The van der Waals surface area contributed by atoms with E-state index in [1.54, 1.807) is 6.07 Å². The molecule has 1 aromatic carbocycles. The lowest BCUT2D eigenvalue weighted by Crippen LogP contribution is -2.40. The molecular formula is C13H18BrN3O3. The topological polar surface area (TPSA) is 67.6 Å². The van der Waals surface area contributed by atoms with Crippen molar-refractivity contribution >= 4 is 21.6 Å². The fourth-order valence-electron chi connectivity index (χ4n) is 2.14. The van der Waals surface area contributed by atoms with Crippen LogP contribution in [0.25, 0.3) is 0 Å². The van der Waals surface area contributed by atoms with E-state index in [1.165, 1.54) is 6.07 Å². The van der Waals surface area contributed by atoms with Crippen LogP contribution in [0.1, 0.15) is 5.56 Å². The zero-order chi connectivity index (χ0) is 14.4. The van der Waals surface area contributed by atoms with Crippen molar-refractivity contribution in [3.8, 4) is 0 Å². The Morgan fingerprint density at radius 1 is 1.35 bits per heavy atom. The van der Waals surface area contributed by atoms with Crippen LogP contribution in [0.4, 0.5) is 5.69 Å². The summed E-state index contributed by atoms with van der Waals surface area (Å²) >= 11 is 3.30. The molecule has 6 nitrogen and oxygen atoms in total. The summed E-state index contributed by atoms with van der Waals surface area (Å²) in [7, 11) is 0. The van der Waals surface area contributed by atoms with Gasteiger partial charge in [0.05, 0.1) is 18.1 Å². The Kier molecular flexibility index (Phi) is 5.90. The van der Waals surface area contributed by atoms with Gasteiger partial charge >= 0.3 is 0 Å². The van der Waals surface area contributed by atoms with Gasteiger partial charge in [-0.3, -0.25) is 15.0 Å². The lowest BCUT2D eigenvalue weighted by Gasteiger charge is -2.26. The van der Waals surface area contributed by atoms with Gasteiger partial charge in [-0.05, 0) is 11.6 Å². The number of nitro groups is 1. The van der Waals surface area contributed by atoms with E-state index in [1.807, 2.05) is 6.07 Å². The first-order valence-electron chi connectivity index (χ1n) is 6.60. The molecule has 110 valence electrons. The quantitative estimate of drug-likeness (QED) is 0.484. The first kappa shape index (κ1) is 15.4. The van der Waals surface area contributed by atoms with E-state index < -0.39 is 0 Å². The van der Waals surface area contributed by atoms with Crippen LogP contribution in [0.2, 0.25) is 0 Å². The predicted octanol–water partition coefficient (Wildman–Crippen LogP) is 1.78. The highest BCUT2D eigenvalue weighted by molar-refractivity contribution is 9.10. The van der Waals surface area contributed by atoms with Crippen LogP contribution >= 0.6 is 15.9 Å². The third-order valence-corrected chi connectivity index (χ3v) is 3.65. The molecule has 0 spiro atoms. The zero-order valence-electron chi connectivity index (χ0n) is 11.2. The van der Waals surface area contributed by atoms with Crippen molar-refractivity contribution < 1.29 is 9.66 Å². The Morgan fingerprint density at radius 2 is 2.10 bits per heavy atom. The van der Waals surface area contributed by atoms with Gasteiger partial charge in [0.2, 0.25) is 0 Å². The second-order valence-corrected chi connectivity index (χ2v) is 5.62. The average Bonchev–Trinajstić information content (AvgIpc) is 2.44. The van der Waals surface area contributed by atoms with Crippen LogP contribution in [0.5, 0.6) is 0 Å². The van der Waals surface area contributed by atoms with Gasteiger partial charge in [0.25, 0.3) is 5.69 Å². The molecule has 0 atom stereocenters. The number of hydrogen-bond donors (Lipinski definition) is 1. The number of nitrogens with one attached hydrogen (secondary N) is 1. The summed E-state index contributed by atoms with van der Waals surface area (Å²) in [5, 5.41) is 14.1. The number of hydrogen-bond acceptors (Lipinski definition) is 5. The summed E-state index contributed by atoms with van der Waals surface area (Å²) in [5.74, 6) is 0. The van der Waals surface area contributed by atoms with Gasteiger partial charge in [0.1, 0.15) is 0 Å². The van der Waals surface area contributed by atoms with E-state index in [2.05, 4.69) is 26.1 Å². The standard InChI is InChI=1S/C13H18BrN3O3/c14-12-7-11(8-13(9-12)17(18)19)10-15-1-2-16-3-5-20-6-4-16/h7-9,15H,1-6,10H2. The first-order chi connectivity index (χ1) is 9.65. The molecular weight excluding hydrogens is 326 g/mol. The van der Waals surface area contributed by atoms with Crippen LogP contribution in [-0.4, -0.2) is 49.2 Å². The van der Waals surface area contributed by atoms with Gasteiger partial charge in [-0.25, -0.2) is 0 Å². The van der Waals surface area contributed by atoms with Gasteiger partial charge in [-0.15, -0.1) is 0 Å². The predicted molar refractivity (Wildman–Crippen MR) is 79.8 cm³/mol. The maximum absolute atomic E-state index is 10.8. The van der Waals surface area contributed by atoms with Gasteiger partial charge in [0, 0.05) is 49.3 Å². The highest BCUT2D eigenvalue weighted by Crippen LogP contribution is 2.21. The summed E-state index contributed by atoms with van der Waals surface area (Å²) in [6.07, 6.45) is 0. The molecule has 20 heavy (non-hydrogen) atoms. The highest BCUT2D eigenvalue weighted by Gasteiger charge is 2.10. The smallest absolute Gasteiger partial charge is 0.270 e. The van der Waals surface area contributed by atoms with Crippen LogP contribution in [0.15, 0.2) is 22.7 Å². The van der Waals surface area contributed by atoms with Gasteiger partial charge in [-0.1, -0.05) is 15.9 Å². The second kappa shape index (κ2) is 7.68. The van der Waals surface area contributed by atoms with Crippen LogP contribution in [0, 0.1) is 10.1 Å². The van der Waals surface area contributed by atoms with Gasteiger partial charge < -0.3 is 10.1 Å². The normalized spacial score (nSPS) is 16.2. The van der Waals surface area contributed by atoms with Crippen molar-refractivity contribution in [2.75, 3.05) is 39.4 Å². The van der Waals surface area contributed by atoms with E-state index in [4.69, 9.17) is 4.74 Å². The van der Waals surface area contributed by atoms with Gasteiger partial charge in [-0.2, -0.15) is 0 Å². The third-order valence-electron chi connectivity index (χ3n) is 3.19. The molecule has 0 unspecified atom stereocenters. The molecule has 1 heterocycles.